The number of rotatable bonds is 7. The second-order valence-electron chi connectivity index (χ2n) is 5.88. The molecule has 0 atom stereocenters. The van der Waals surface area contributed by atoms with Gasteiger partial charge in [-0.1, -0.05) is 54.7 Å². The van der Waals surface area contributed by atoms with Crippen molar-refractivity contribution in [3.05, 3.63) is 51.5 Å². The van der Waals surface area contributed by atoms with Crippen molar-refractivity contribution in [3.8, 4) is 5.75 Å². The lowest BCUT2D eigenvalue weighted by molar-refractivity contribution is -0.114. The van der Waals surface area contributed by atoms with Gasteiger partial charge in [-0.25, -0.2) is 0 Å². The maximum atomic E-state index is 12.1. The lowest BCUT2D eigenvalue weighted by atomic mass is 10.2. The van der Waals surface area contributed by atoms with E-state index in [9.17, 15) is 4.79 Å². The predicted molar refractivity (Wildman–Crippen MR) is 105 cm³/mol. The van der Waals surface area contributed by atoms with Gasteiger partial charge in [0.15, 0.2) is 0 Å². The highest BCUT2D eigenvalue weighted by Crippen LogP contribution is 2.32. The number of anilines is 2. The van der Waals surface area contributed by atoms with Crippen molar-refractivity contribution in [2.75, 3.05) is 23.8 Å². The molecule has 0 saturated carbocycles. The Bertz CT molecular complexity index is 751. The fourth-order valence-corrected chi connectivity index (χ4v) is 2.55. The average Bonchev–Trinajstić information content (AvgIpc) is 2.56. The molecule has 4 nitrogen and oxygen atoms in total. The van der Waals surface area contributed by atoms with Gasteiger partial charge in [0.25, 0.3) is 0 Å². The molecule has 7 heteroatoms. The molecule has 0 bridgehead atoms. The van der Waals surface area contributed by atoms with Gasteiger partial charge in [0.1, 0.15) is 5.75 Å². The number of nitrogens with one attached hydrogen (secondary N) is 2. The van der Waals surface area contributed by atoms with Crippen LogP contribution in [0.5, 0.6) is 5.75 Å². The largest absolute Gasteiger partial charge is 0.493 e. The van der Waals surface area contributed by atoms with E-state index in [4.69, 9.17) is 39.5 Å². The molecule has 0 fully saturated rings. The minimum absolute atomic E-state index is 0.0736. The van der Waals surface area contributed by atoms with Crippen molar-refractivity contribution in [1.29, 1.82) is 0 Å². The standard InChI is InChI=1S/C18H19Cl3N2O2/c1-11(2)10-25-13-5-3-4-12(6-13)22-9-18(24)23-17-8-15(20)14(19)7-16(17)21/h3-8,11,22H,9-10H2,1-2H3,(H,23,24). The van der Waals surface area contributed by atoms with E-state index >= 15 is 0 Å². The SMILES string of the molecule is CC(C)COc1cccc(NCC(=O)Nc2cc(Cl)c(Cl)cc2Cl)c1. The lowest BCUT2D eigenvalue weighted by Crippen LogP contribution is -2.22. The van der Waals surface area contributed by atoms with Crippen LogP contribution in [0.25, 0.3) is 0 Å². The van der Waals surface area contributed by atoms with Gasteiger partial charge in [-0.15, -0.1) is 0 Å². The highest BCUT2D eigenvalue weighted by atomic mass is 35.5. The Kier molecular flexibility index (Phi) is 7.24. The van der Waals surface area contributed by atoms with Gasteiger partial charge in [-0.3, -0.25) is 4.79 Å². The summed E-state index contributed by atoms with van der Waals surface area (Å²) in [5.41, 5.74) is 1.20. The summed E-state index contributed by atoms with van der Waals surface area (Å²) in [6.45, 7) is 4.88. The predicted octanol–water partition coefficient (Wildman–Crippen LogP) is 5.73. The zero-order chi connectivity index (χ0) is 18.4. The number of amides is 1. The molecule has 25 heavy (non-hydrogen) atoms. The van der Waals surface area contributed by atoms with E-state index in [2.05, 4.69) is 24.5 Å². The Hall–Kier alpha value is -1.62. The second kappa shape index (κ2) is 9.18. The van der Waals surface area contributed by atoms with Crippen LogP contribution in [0, 0.1) is 5.92 Å². The molecular formula is C18H19Cl3N2O2. The Labute approximate surface area is 162 Å². The third-order valence-electron chi connectivity index (χ3n) is 3.15. The molecule has 0 spiro atoms. The highest BCUT2D eigenvalue weighted by molar-refractivity contribution is 6.44. The Balaban J connectivity index is 1.92. The third-order valence-corrected chi connectivity index (χ3v) is 4.19. The summed E-state index contributed by atoms with van der Waals surface area (Å²) < 4.78 is 5.67. The lowest BCUT2D eigenvalue weighted by Gasteiger charge is -2.12. The number of benzene rings is 2. The van der Waals surface area contributed by atoms with Gasteiger partial charge in [0, 0.05) is 11.8 Å². The maximum absolute atomic E-state index is 12.1. The molecule has 0 aliphatic rings. The first kappa shape index (κ1) is 19.7. The van der Waals surface area contributed by atoms with Gasteiger partial charge in [0.2, 0.25) is 5.91 Å². The smallest absolute Gasteiger partial charge is 0.243 e. The minimum Gasteiger partial charge on any atom is -0.493 e. The molecule has 2 aromatic carbocycles. The number of hydrogen-bond acceptors (Lipinski definition) is 3. The van der Waals surface area contributed by atoms with Crippen LogP contribution in [0.4, 0.5) is 11.4 Å². The molecular weight excluding hydrogens is 383 g/mol. The summed E-state index contributed by atoms with van der Waals surface area (Å²) in [5.74, 6) is 0.943. The maximum Gasteiger partial charge on any atom is 0.243 e. The van der Waals surface area contributed by atoms with E-state index in [1.165, 1.54) is 12.1 Å². The van der Waals surface area contributed by atoms with Gasteiger partial charge in [-0.05, 0) is 30.2 Å². The van der Waals surface area contributed by atoms with Crippen molar-refractivity contribution in [2.45, 2.75) is 13.8 Å². The van der Waals surface area contributed by atoms with E-state index in [1.807, 2.05) is 24.3 Å². The number of carbonyl (C=O) groups is 1. The number of hydrogen-bond donors (Lipinski definition) is 2. The Morgan fingerprint density at radius 3 is 2.52 bits per heavy atom. The number of ether oxygens (including phenoxy) is 1. The second-order valence-corrected chi connectivity index (χ2v) is 7.10. The van der Waals surface area contributed by atoms with Crippen LogP contribution in [0.15, 0.2) is 36.4 Å². The van der Waals surface area contributed by atoms with Crippen molar-refractivity contribution in [2.24, 2.45) is 5.92 Å². The fourth-order valence-electron chi connectivity index (χ4n) is 1.95. The average molecular weight is 402 g/mol. The van der Waals surface area contributed by atoms with Crippen molar-refractivity contribution >= 4 is 52.1 Å². The molecule has 0 aliphatic carbocycles. The molecule has 0 aromatic heterocycles. The zero-order valence-corrected chi connectivity index (χ0v) is 16.2. The van der Waals surface area contributed by atoms with Gasteiger partial charge >= 0.3 is 0 Å². The van der Waals surface area contributed by atoms with Gasteiger partial charge < -0.3 is 15.4 Å². The van der Waals surface area contributed by atoms with Crippen molar-refractivity contribution in [3.63, 3.8) is 0 Å². The van der Waals surface area contributed by atoms with Crippen molar-refractivity contribution in [1.82, 2.24) is 0 Å². The van der Waals surface area contributed by atoms with Crippen LogP contribution in [-0.4, -0.2) is 19.1 Å². The quantitative estimate of drug-likeness (QED) is 0.582. The molecule has 0 heterocycles. The molecule has 134 valence electrons. The third kappa shape index (κ3) is 6.31. The summed E-state index contributed by atoms with van der Waals surface area (Å²) in [4.78, 5) is 12.1. The first-order valence-corrected chi connectivity index (χ1v) is 8.89. The van der Waals surface area contributed by atoms with Crippen molar-refractivity contribution < 1.29 is 9.53 Å². The van der Waals surface area contributed by atoms with Crippen LogP contribution in [-0.2, 0) is 4.79 Å². The van der Waals surface area contributed by atoms with E-state index in [0.29, 0.717) is 33.3 Å². The summed E-state index contributed by atoms with van der Waals surface area (Å²) >= 11 is 17.9. The molecule has 1 amide bonds. The van der Waals surface area contributed by atoms with Crippen LogP contribution in [0.1, 0.15) is 13.8 Å². The normalized spacial score (nSPS) is 10.6. The number of carbonyl (C=O) groups excluding carboxylic acids is 1. The van der Waals surface area contributed by atoms with Gasteiger partial charge in [0.05, 0.1) is 33.9 Å². The van der Waals surface area contributed by atoms with Crippen LogP contribution >= 0.6 is 34.8 Å². The molecule has 2 N–H and O–H groups in total. The summed E-state index contributed by atoms with van der Waals surface area (Å²) in [7, 11) is 0. The molecule has 2 rings (SSSR count). The van der Waals surface area contributed by atoms with E-state index in [1.54, 1.807) is 0 Å². The molecule has 0 unspecified atom stereocenters. The van der Waals surface area contributed by atoms with E-state index < -0.39 is 0 Å². The van der Waals surface area contributed by atoms with E-state index in [0.717, 1.165) is 11.4 Å². The fraction of sp³-hybridized carbons (Fsp3) is 0.278. The van der Waals surface area contributed by atoms with Crippen LogP contribution < -0.4 is 15.4 Å². The summed E-state index contributed by atoms with van der Waals surface area (Å²) in [6.07, 6.45) is 0. The molecule has 0 aliphatic heterocycles. The first-order valence-electron chi connectivity index (χ1n) is 7.76. The zero-order valence-electron chi connectivity index (χ0n) is 13.9. The van der Waals surface area contributed by atoms with Crippen LogP contribution in [0.2, 0.25) is 15.1 Å². The molecule has 0 saturated heterocycles. The summed E-state index contributed by atoms with van der Waals surface area (Å²) in [5, 5.41) is 6.72. The Morgan fingerprint density at radius 2 is 1.80 bits per heavy atom. The summed E-state index contributed by atoms with van der Waals surface area (Å²) in [6, 6.07) is 10.5. The monoisotopic (exact) mass is 400 g/mol. The molecule has 0 radical (unpaired) electrons. The Morgan fingerprint density at radius 1 is 1.08 bits per heavy atom. The number of halogens is 3. The highest BCUT2D eigenvalue weighted by Gasteiger charge is 2.09. The van der Waals surface area contributed by atoms with Crippen LogP contribution in [0.3, 0.4) is 0 Å². The molecule has 2 aromatic rings. The topological polar surface area (TPSA) is 50.4 Å². The minimum atomic E-state index is -0.256. The first-order chi connectivity index (χ1) is 11.8. The van der Waals surface area contributed by atoms with E-state index in [-0.39, 0.29) is 12.5 Å². The van der Waals surface area contributed by atoms with Gasteiger partial charge in [-0.2, -0.15) is 0 Å².